The summed E-state index contributed by atoms with van der Waals surface area (Å²) in [4.78, 5) is 16.0. The minimum atomic E-state index is -2.45. The van der Waals surface area contributed by atoms with Crippen molar-refractivity contribution in [3.8, 4) is 0 Å². The molecule has 2 unspecified atom stereocenters. The number of piperazine rings is 1. The maximum Gasteiger partial charge on any atom is 0.253 e. The number of nitrogens with one attached hydrogen (secondary N) is 1. The SMILES string of the molecule is CC(c1c(F)ccc(F)c1F)N1CCN(C(=O)c2ccc(NS(=O)[O-])cc2)CC1. The molecule has 0 bridgehead atoms. The van der Waals surface area contributed by atoms with Gasteiger partial charge in [-0.3, -0.25) is 13.9 Å². The third-order valence-electron chi connectivity index (χ3n) is 4.98. The van der Waals surface area contributed by atoms with Crippen LogP contribution in [0.15, 0.2) is 36.4 Å². The summed E-state index contributed by atoms with van der Waals surface area (Å²) in [6, 6.07) is 6.99. The highest BCUT2D eigenvalue weighted by Gasteiger charge is 2.29. The first kappa shape index (κ1) is 21.3. The maximum absolute atomic E-state index is 14.1. The van der Waals surface area contributed by atoms with Gasteiger partial charge in [0.15, 0.2) is 11.6 Å². The molecule has 1 amide bonds. The van der Waals surface area contributed by atoms with E-state index in [4.69, 9.17) is 0 Å². The molecule has 1 N–H and O–H groups in total. The summed E-state index contributed by atoms with van der Waals surface area (Å²) in [5.74, 6) is -3.32. The number of hydrogen-bond acceptors (Lipinski definition) is 4. The van der Waals surface area contributed by atoms with Gasteiger partial charge in [0, 0.05) is 60.3 Å². The fraction of sp³-hybridized carbons (Fsp3) is 0.316. The molecule has 1 aliphatic rings. The van der Waals surface area contributed by atoms with E-state index in [9.17, 15) is 26.7 Å². The van der Waals surface area contributed by atoms with Crippen molar-refractivity contribution in [2.75, 3.05) is 30.9 Å². The quantitative estimate of drug-likeness (QED) is 0.589. The van der Waals surface area contributed by atoms with Crippen molar-refractivity contribution in [3.05, 3.63) is 65.0 Å². The lowest BCUT2D eigenvalue weighted by Crippen LogP contribution is -2.49. The van der Waals surface area contributed by atoms with Crippen LogP contribution >= 0.6 is 0 Å². The number of nitrogens with zero attached hydrogens (tertiary/aromatic N) is 2. The van der Waals surface area contributed by atoms with Crippen LogP contribution in [0.5, 0.6) is 0 Å². The lowest BCUT2D eigenvalue weighted by molar-refractivity contribution is 0.0575. The molecule has 1 aliphatic heterocycles. The number of carbonyl (C=O) groups is 1. The molecule has 156 valence electrons. The largest absolute Gasteiger partial charge is 0.755 e. The number of halogens is 3. The Hall–Kier alpha value is -2.43. The minimum absolute atomic E-state index is 0.227. The van der Waals surface area contributed by atoms with Gasteiger partial charge in [-0.25, -0.2) is 13.2 Å². The van der Waals surface area contributed by atoms with Crippen molar-refractivity contribution >= 4 is 22.9 Å². The van der Waals surface area contributed by atoms with Gasteiger partial charge in [-0.2, -0.15) is 0 Å². The van der Waals surface area contributed by atoms with E-state index in [-0.39, 0.29) is 11.5 Å². The van der Waals surface area contributed by atoms with E-state index < -0.39 is 34.8 Å². The summed E-state index contributed by atoms with van der Waals surface area (Å²) < 4.78 is 65.0. The second-order valence-electron chi connectivity index (χ2n) is 6.68. The fourth-order valence-electron chi connectivity index (χ4n) is 3.38. The van der Waals surface area contributed by atoms with Crippen LogP contribution in [0.3, 0.4) is 0 Å². The van der Waals surface area contributed by atoms with Crippen molar-refractivity contribution < 1.29 is 26.7 Å². The third-order valence-corrected chi connectivity index (χ3v) is 5.38. The third kappa shape index (κ3) is 4.77. The van der Waals surface area contributed by atoms with Crippen molar-refractivity contribution in [3.63, 3.8) is 0 Å². The molecule has 1 heterocycles. The predicted molar refractivity (Wildman–Crippen MR) is 101 cm³/mol. The van der Waals surface area contributed by atoms with E-state index in [0.29, 0.717) is 37.4 Å². The molecule has 2 aromatic rings. The molecule has 0 saturated carbocycles. The highest BCUT2D eigenvalue weighted by molar-refractivity contribution is 7.80. The summed E-state index contributed by atoms with van der Waals surface area (Å²) in [6.07, 6.45) is 0. The average Bonchev–Trinajstić information content (AvgIpc) is 2.71. The van der Waals surface area contributed by atoms with Crippen molar-refractivity contribution in [2.45, 2.75) is 13.0 Å². The Bertz CT molecular complexity index is 919. The van der Waals surface area contributed by atoms with E-state index in [0.717, 1.165) is 12.1 Å². The minimum Gasteiger partial charge on any atom is -0.755 e. The summed E-state index contributed by atoms with van der Waals surface area (Å²) >= 11 is -2.45. The first-order chi connectivity index (χ1) is 13.8. The van der Waals surface area contributed by atoms with Crippen molar-refractivity contribution in [2.24, 2.45) is 0 Å². The molecule has 10 heteroatoms. The predicted octanol–water partition coefficient (Wildman–Crippen LogP) is 2.83. The Labute approximate surface area is 168 Å². The monoisotopic (exact) mass is 426 g/mol. The van der Waals surface area contributed by atoms with Crippen molar-refractivity contribution in [1.82, 2.24) is 9.80 Å². The van der Waals surface area contributed by atoms with Gasteiger partial charge in [0.05, 0.1) is 0 Å². The van der Waals surface area contributed by atoms with Crippen LogP contribution in [-0.4, -0.2) is 50.6 Å². The Balaban J connectivity index is 1.64. The number of hydrogen-bond donors (Lipinski definition) is 1. The molecule has 0 aromatic heterocycles. The zero-order chi connectivity index (χ0) is 21.1. The van der Waals surface area contributed by atoms with Gasteiger partial charge in [0.25, 0.3) is 5.91 Å². The lowest BCUT2D eigenvalue weighted by atomic mass is 10.0. The molecule has 29 heavy (non-hydrogen) atoms. The Morgan fingerprint density at radius 1 is 1.03 bits per heavy atom. The van der Waals surface area contributed by atoms with Crippen LogP contribution < -0.4 is 4.72 Å². The standard InChI is InChI=1S/C19H20F3N3O3S/c1-12(17-15(20)6-7-16(21)18(17)22)24-8-10-25(11-9-24)19(26)13-2-4-14(5-3-13)23-29(27)28/h2-7,12,23H,8-11H2,1H3,(H,27,28)/p-1. The molecular formula is C19H19F3N3O3S-. The molecular weight excluding hydrogens is 407 g/mol. The number of carbonyl (C=O) groups excluding carboxylic acids is 1. The molecule has 0 spiro atoms. The second-order valence-corrected chi connectivity index (χ2v) is 7.35. The van der Waals surface area contributed by atoms with E-state index in [1.54, 1.807) is 16.7 Å². The van der Waals surface area contributed by atoms with Crippen LogP contribution in [0, 0.1) is 17.5 Å². The molecule has 2 aromatic carbocycles. The van der Waals surface area contributed by atoms with Crippen LogP contribution in [0.25, 0.3) is 0 Å². The molecule has 6 nitrogen and oxygen atoms in total. The zero-order valence-electron chi connectivity index (χ0n) is 15.5. The van der Waals surface area contributed by atoms with Gasteiger partial charge < -0.3 is 14.2 Å². The van der Waals surface area contributed by atoms with Gasteiger partial charge >= 0.3 is 0 Å². The Morgan fingerprint density at radius 2 is 1.62 bits per heavy atom. The number of rotatable bonds is 5. The van der Waals surface area contributed by atoms with Gasteiger partial charge in [0.1, 0.15) is 5.82 Å². The fourth-order valence-corrected chi connectivity index (χ4v) is 3.71. The van der Waals surface area contributed by atoms with E-state index in [1.165, 1.54) is 24.3 Å². The molecule has 0 aliphatic carbocycles. The highest BCUT2D eigenvalue weighted by Crippen LogP contribution is 2.28. The smallest absolute Gasteiger partial charge is 0.253 e. The highest BCUT2D eigenvalue weighted by atomic mass is 32.2. The summed E-state index contributed by atoms with van der Waals surface area (Å²) in [5.41, 5.74) is 0.423. The summed E-state index contributed by atoms with van der Waals surface area (Å²) in [6.45, 7) is 3.02. The van der Waals surface area contributed by atoms with Crippen LogP contribution in [-0.2, 0) is 11.3 Å². The molecule has 1 saturated heterocycles. The molecule has 0 radical (unpaired) electrons. The van der Waals surface area contributed by atoms with E-state index in [1.807, 2.05) is 0 Å². The molecule has 3 rings (SSSR count). The Kier molecular flexibility index (Phi) is 6.56. The van der Waals surface area contributed by atoms with Gasteiger partial charge in [-0.1, -0.05) is 0 Å². The normalized spacial score (nSPS) is 17.1. The lowest BCUT2D eigenvalue weighted by Gasteiger charge is -2.38. The maximum atomic E-state index is 14.1. The van der Waals surface area contributed by atoms with E-state index in [2.05, 4.69) is 4.72 Å². The summed E-state index contributed by atoms with van der Waals surface area (Å²) in [7, 11) is 0. The van der Waals surface area contributed by atoms with Gasteiger partial charge in [-0.05, 0) is 43.3 Å². The zero-order valence-corrected chi connectivity index (χ0v) is 16.3. The first-order valence-corrected chi connectivity index (χ1v) is 9.98. The number of amides is 1. The van der Waals surface area contributed by atoms with E-state index >= 15 is 0 Å². The second kappa shape index (κ2) is 8.93. The first-order valence-electron chi connectivity index (χ1n) is 8.90. The van der Waals surface area contributed by atoms with Crippen LogP contribution in [0.2, 0.25) is 0 Å². The average molecular weight is 426 g/mol. The molecule has 1 fully saturated rings. The van der Waals surface area contributed by atoms with Gasteiger partial charge in [-0.15, -0.1) is 0 Å². The van der Waals surface area contributed by atoms with Crippen LogP contribution in [0.4, 0.5) is 18.9 Å². The molecule has 2 atom stereocenters. The van der Waals surface area contributed by atoms with Crippen LogP contribution in [0.1, 0.15) is 28.9 Å². The summed E-state index contributed by atoms with van der Waals surface area (Å²) in [5, 5.41) is 0. The van der Waals surface area contributed by atoms with Gasteiger partial charge in [0.2, 0.25) is 0 Å². The number of anilines is 1. The number of benzene rings is 2. The Morgan fingerprint density at radius 3 is 2.21 bits per heavy atom. The van der Waals surface area contributed by atoms with Crippen molar-refractivity contribution in [1.29, 1.82) is 0 Å². The topological polar surface area (TPSA) is 75.7 Å².